The molecule has 1 amide bonds. The van der Waals surface area contributed by atoms with Gasteiger partial charge in [-0.15, -0.1) is 5.10 Å². The standard InChI is InChI=1S/C21H25N3O6/c1-6-26-16-10-14(11-17(27-7-2)18(16)28-8-3)19(25)22-21-24-23-20(30-21)15-9-12(4)29-13(15)5/h9-11H,6-8H2,1-5H3,(H,22,24,25). The number of aromatic nitrogens is 2. The summed E-state index contributed by atoms with van der Waals surface area (Å²) < 4.78 is 28.0. The van der Waals surface area contributed by atoms with Gasteiger partial charge in [-0.2, -0.15) is 0 Å². The molecule has 1 N–H and O–H groups in total. The van der Waals surface area contributed by atoms with Gasteiger partial charge in [0.25, 0.3) is 11.8 Å². The topological polar surface area (TPSA) is 109 Å². The average molecular weight is 415 g/mol. The highest BCUT2D eigenvalue weighted by atomic mass is 16.5. The van der Waals surface area contributed by atoms with Gasteiger partial charge in [-0.05, 0) is 52.8 Å². The van der Waals surface area contributed by atoms with Crippen LogP contribution in [0.15, 0.2) is 27.0 Å². The number of carbonyl (C=O) groups excluding carboxylic acids is 1. The number of furan rings is 1. The highest BCUT2D eigenvalue weighted by Gasteiger charge is 2.21. The maximum Gasteiger partial charge on any atom is 0.322 e. The van der Waals surface area contributed by atoms with Crippen molar-refractivity contribution in [3.05, 3.63) is 35.3 Å². The molecule has 0 atom stereocenters. The van der Waals surface area contributed by atoms with Crippen LogP contribution in [0.5, 0.6) is 17.2 Å². The molecule has 160 valence electrons. The van der Waals surface area contributed by atoms with Crippen LogP contribution in [0.3, 0.4) is 0 Å². The highest BCUT2D eigenvalue weighted by Crippen LogP contribution is 2.39. The second-order valence-electron chi connectivity index (χ2n) is 6.29. The molecule has 0 aliphatic heterocycles. The predicted octanol–water partition coefficient (Wildman–Crippen LogP) is 4.39. The summed E-state index contributed by atoms with van der Waals surface area (Å²) in [4.78, 5) is 12.8. The smallest absolute Gasteiger partial charge is 0.322 e. The molecule has 9 heteroatoms. The maximum atomic E-state index is 12.8. The lowest BCUT2D eigenvalue weighted by molar-refractivity contribution is 0.102. The van der Waals surface area contributed by atoms with Crippen LogP contribution >= 0.6 is 0 Å². The lowest BCUT2D eigenvalue weighted by Gasteiger charge is -2.16. The summed E-state index contributed by atoms with van der Waals surface area (Å²) in [6, 6.07) is 4.95. The van der Waals surface area contributed by atoms with Crippen LogP contribution in [0, 0.1) is 13.8 Å². The number of hydrogen-bond acceptors (Lipinski definition) is 8. The van der Waals surface area contributed by atoms with Crippen molar-refractivity contribution in [2.24, 2.45) is 0 Å². The van der Waals surface area contributed by atoms with Gasteiger partial charge in [0.1, 0.15) is 11.5 Å². The third kappa shape index (κ3) is 4.56. The first-order chi connectivity index (χ1) is 14.5. The highest BCUT2D eigenvalue weighted by molar-refractivity contribution is 6.04. The first kappa shape index (κ1) is 21.2. The molecule has 0 aliphatic rings. The van der Waals surface area contributed by atoms with E-state index in [1.165, 1.54) is 0 Å². The lowest BCUT2D eigenvalue weighted by atomic mass is 10.1. The van der Waals surface area contributed by atoms with Crippen molar-refractivity contribution in [1.29, 1.82) is 0 Å². The Morgan fingerprint density at radius 1 is 0.933 bits per heavy atom. The van der Waals surface area contributed by atoms with Crippen LogP contribution in [0.2, 0.25) is 0 Å². The fourth-order valence-corrected chi connectivity index (χ4v) is 2.91. The number of rotatable bonds is 9. The van der Waals surface area contributed by atoms with E-state index < -0.39 is 5.91 Å². The number of aryl methyl sites for hydroxylation is 2. The van der Waals surface area contributed by atoms with E-state index in [1.54, 1.807) is 25.1 Å². The second kappa shape index (κ2) is 9.34. The van der Waals surface area contributed by atoms with E-state index in [1.807, 2.05) is 27.7 Å². The normalized spacial score (nSPS) is 10.7. The zero-order valence-electron chi connectivity index (χ0n) is 17.7. The third-order valence-electron chi connectivity index (χ3n) is 4.09. The third-order valence-corrected chi connectivity index (χ3v) is 4.09. The van der Waals surface area contributed by atoms with E-state index in [0.717, 1.165) is 5.76 Å². The molecular formula is C21H25N3O6. The minimum absolute atomic E-state index is 0.0296. The van der Waals surface area contributed by atoms with E-state index in [9.17, 15) is 4.79 Å². The van der Waals surface area contributed by atoms with Gasteiger partial charge in [0.15, 0.2) is 11.5 Å². The summed E-state index contributed by atoms with van der Waals surface area (Å²) in [6.07, 6.45) is 0. The molecule has 0 aliphatic carbocycles. The summed E-state index contributed by atoms with van der Waals surface area (Å²) in [6.45, 7) is 10.4. The van der Waals surface area contributed by atoms with E-state index in [4.69, 9.17) is 23.0 Å². The Morgan fingerprint density at radius 3 is 2.10 bits per heavy atom. The fourth-order valence-electron chi connectivity index (χ4n) is 2.91. The second-order valence-corrected chi connectivity index (χ2v) is 6.29. The summed E-state index contributed by atoms with van der Waals surface area (Å²) in [5.74, 6) is 2.50. The van der Waals surface area contributed by atoms with Crippen LogP contribution in [0.1, 0.15) is 42.6 Å². The predicted molar refractivity (Wildman–Crippen MR) is 109 cm³/mol. The van der Waals surface area contributed by atoms with Gasteiger partial charge in [-0.3, -0.25) is 10.1 Å². The number of nitrogens with zero attached hydrogens (tertiary/aromatic N) is 2. The molecule has 0 bridgehead atoms. The average Bonchev–Trinajstić information content (AvgIpc) is 3.29. The quantitative estimate of drug-likeness (QED) is 0.548. The van der Waals surface area contributed by atoms with Gasteiger partial charge in [-0.1, -0.05) is 5.10 Å². The van der Waals surface area contributed by atoms with E-state index in [2.05, 4.69) is 15.5 Å². The molecule has 2 aromatic heterocycles. The summed E-state index contributed by atoms with van der Waals surface area (Å²) in [5.41, 5.74) is 0.985. The van der Waals surface area contributed by atoms with Crippen molar-refractivity contribution in [3.63, 3.8) is 0 Å². The fraction of sp³-hybridized carbons (Fsp3) is 0.381. The number of ether oxygens (including phenoxy) is 3. The Kier molecular flexibility index (Phi) is 6.61. The molecule has 1 aromatic carbocycles. The Hall–Kier alpha value is -3.49. The van der Waals surface area contributed by atoms with Gasteiger partial charge >= 0.3 is 6.01 Å². The van der Waals surface area contributed by atoms with Crippen LogP contribution in [-0.2, 0) is 0 Å². The summed E-state index contributed by atoms with van der Waals surface area (Å²) in [5, 5.41) is 10.5. The number of anilines is 1. The molecule has 30 heavy (non-hydrogen) atoms. The number of carbonyl (C=O) groups is 1. The summed E-state index contributed by atoms with van der Waals surface area (Å²) in [7, 11) is 0. The van der Waals surface area contributed by atoms with Crippen molar-refractivity contribution >= 4 is 11.9 Å². The maximum absolute atomic E-state index is 12.8. The minimum atomic E-state index is -0.449. The van der Waals surface area contributed by atoms with Crippen molar-refractivity contribution in [3.8, 4) is 28.7 Å². The molecule has 3 rings (SSSR count). The van der Waals surface area contributed by atoms with Gasteiger partial charge in [-0.25, -0.2) is 0 Å². The van der Waals surface area contributed by atoms with Gasteiger partial charge < -0.3 is 23.0 Å². The molecule has 2 heterocycles. The minimum Gasteiger partial charge on any atom is -0.490 e. The van der Waals surface area contributed by atoms with Crippen molar-refractivity contribution < 1.29 is 27.8 Å². The van der Waals surface area contributed by atoms with Gasteiger partial charge in [0.2, 0.25) is 5.75 Å². The Morgan fingerprint density at radius 2 is 1.57 bits per heavy atom. The van der Waals surface area contributed by atoms with Crippen LogP contribution < -0.4 is 19.5 Å². The molecule has 0 spiro atoms. The zero-order chi connectivity index (χ0) is 21.7. The van der Waals surface area contributed by atoms with Gasteiger partial charge in [0, 0.05) is 5.56 Å². The zero-order valence-corrected chi connectivity index (χ0v) is 17.7. The first-order valence-corrected chi connectivity index (χ1v) is 9.75. The Labute approximate surface area is 174 Å². The monoisotopic (exact) mass is 415 g/mol. The van der Waals surface area contributed by atoms with Crippen molar-refractivity contribution in [1.82, 2.24) is 10.2 Å². The largest absolute Gasteiger partial charge is 0.490 e. The molecule has 0 radical (unpaired) electrons. The van der Waals surface area contributed by atoms with Crippen LogP contribution in [0.25, 0.3) is 11.5 Å². The number of amides is 1. The van der Waals surface area contributed by atoms with Crippen molar-refractivity contribution in [2.75, 3.05) is 25.1 Å². The SMILES string of the molecule is CCOc1cc(C(=O)Nc2nnc(-c3cc(C)oc3C)o2)cc(OCC)c1OCC. The number of benzene rings is 1. The first-order valence-electron chi connectivity index (χ1n) is 9.75. The molecular weight excluding hydrogens is 390 g/mol. The van der Waals surface area contributed by atoms with Crippen LogP contribution in [-0.4, -0.2) is 35.9 Å². The van der Waals surface area contributed by atoms with E-state index >= 15 is 0 Å². The van der Waals surface area contributed by atoms with E-state index in [-0.39, 0.29) is 11.9 Å². The number of nitrogens with one attached hydrogen (secondary N) is 1. The lowest BCUT2D eigenvalue weighted by Crippen LogP contribution is -2.13. The molecule has 3 aromatic rings. The van der Waals surface area contributed by atoms with Crippen molar-refractivity contribution in [2.45, 2.75) is 34.6 Å². The number of hydrogen-bond donors (Lipinski definition) is 1. The Balaban J connectivity index is 1.87. The molecule has 0 saturated heterocycles. The van der Waals surface area contributed by atoms with Gasteiger partial charge in [0.05, 0.1) is 25.4 Å². The van der Waals surface area contributed by atoms with Crippen LogP contribution in [0.4, 0.5) is 6.01 Å². The molecule has 0 saturated carbocycles. The molecule has 0 fully saturated rings. The van der Waals surface area contributed by atoms with E-state index in [0.29, 0.717) is 54.0 Å². The molecule has 0 unspecified atom stereocenters. The molecule has 9 nitrogen and oxygen atoms in total. The Bertz CT molecular complexity index is 997. The summed E-state index contributed by atoms with van der Waals surface area (Å²) >= 11 is 0.